The summed E-state index contributed by atoms with van der Waals surface area (Å²) in [6, 6.07) is 0. The number of aliphatic hydroxyl groups is 1. The number of carbonyl (C=O) groups is 1. The number of carbonyl (C=O) groups excluding carboxylic acids is 1. The summed E-state index contributed by atoms with van der Waals surface area (Å²) in [6.45, 7) is 18.8. The topological polar surface area (TPSA) is 59.1 Å². The minimum atomic E-state index is -0.193. The first-order chi connectivity index (χ1) is 16.6. The van der Waals surface area contributed by atoms with Crippen molar-refractivity contribution in [3.8, 4) is 0 Å². The Hall–Kier alpha value is -0.610. The summed E-state index contributed by atoms with van der Waals surface area (Å²) < 4.78 is 12.8. The quantitative estimate of drug-likeness (QED) is 0.313. The van der Waals surface area contributed by atoms with Crippen LogP contribution in [0.5, 0.6) is 0 Å². The monoisotopic (exact) mass is 500 g/mol. The number of aliphatic hydroxyl groups excluding tert-OH is 1. The Labute approximate surface area is 219 Å². The van der Waals surface area contributed by atoms with Gasteiger partial charge >= 0.3 is 5.97 Å². The van der Waals surface area contributed by atoms with Crippen molar-refractivity contribution >= 4 is 5.97 Å². The Morgan fingerprint density at radius 1 is 0.778 bits per heavy atom. The molecule has 6 fully saturated rings. The van der Waals surface area contributed by atoms with Crippen molar-refractivity contribution in [1.29, 1.82) is 0 Å². The van der Waals surface area contributed by atoms with Gasteiger partial charge in [0.05, 0.1) is 17.8 Å². The zero-order valence-corrected chi connectivity index (χ0v) is 24.3. The van der Waals surface area contributed by atoms with Crippen molar-refractivity contribution in [3.05, 3.63) is 0 Å². The highest BCUT2D eigenvalue weighted by atomic mass is 16.6. The fraction of sp³-hybridized carbons (Fsp3) is 0.969. The van der Waals surface area contributed by atoms with Gasteiger partial charge in [0, 0.05) is 12.3 Å². The number of esters is 1. The van der Waals surface area contributed by atoms with E-state index in [0.29, 0.717) is 35.2 Å². The maximum absolute atomic E-state index is 11.9. The van der Waals surface area contributed by atoms with E-state index < -0.39 is 0 Å². The summed E-state index contributed by atoms with van der Waals surface area (Å²) in [7, 11) is 0. The lowest BCUT2D eigenvalue weighted by Gasteiger charge is -2.64. The molecule has 6 aliphatic rings. The standard InChI is InChI=1S/C32H52O4/c1-19(33)35-25-13-16-30(7)20(28(25,4)5)11-14-29(6)18-32-22(10-9-21(29)30)31(8)15-12-24(34)27(2,3)23(31)17-26(32)36-32/h20-26,34H,9-18H2,1-8H3/t20-,21+,22+,23+,24+,25+,26-,29+,30+,31-,32-/m1/s1. The molecule has 0 aromatic heterocycles. The number of rotatable bonds is 1. The molecule has 0 radical (unpaired) electrons. The van der Waals surface area contributed by atoms with Gasteiger partial charge in [-0.05, 0) is 110 Å². The van der Waals surface area contributed by atoms with E-state index in [1.165, 1.54) is 38.5 Å². The SMILES string of the molecule is CC(=O)O[C@H]1CC[C@@]2(C)[C@H](CC[C@@]3(C)C[C@]45O[C@@H]4C[C@H]4C(C)(C)[C@@H](O)CC[C@]4(C)[C@@H]5CC[C@@H]32)C1(C)C. The van der Waals surface area contributed by atoms with E-state index >= 15 is 0 Å². The number of hydrogen-bond donors (Lipinski definition) is 1. The normalized spacial score (nSPS) is 56.5. The lowest BCUT2D eigenvalue weighted by Crippen LogP contribution is -2.60. The van der Waals surface area contributed by atoms with Crippen LogP contribution in [0, 0.1) is 50.7 Å². The van der Waals surface area contributed by atoms with E-state index in [1.807, 2.05) is 0 Å². The molecule has 1 aliphatic heterocycles. The molecular weight excluding hydrogens is 448 g/mol. The van der Waals surface area contributed by atoms with Crippen molar-refractivity contribution in [1.82, 2.24) is 0 Å². The van der Waals surface area contributed by atoms with Gasteiger partial charge in [-0.3, -0.25) is 4.79 Å². The van der Waals surface area contributed by atoms with E-state index in [9.17, 15) is 9.90 Å². The van der Waals surface area contributed by atoms with E-state index in [4.69, 9.17) is 9.47 Å². The molecule has 4 nitrogen and oxygen atoms in total. The molecule has 0 bridgehead atoms. The highest BCUT2D eigenvalue weighted by Gasteiger charge is 2.76. The van der Waals surface area contributed by atoms with Gasteiger partial charge in [0.1, 0.15) is 6.10 Å². The molecule has 36 heavy (non-hydrogen) atoms. The third-order valence-corrected chi connectivity index (χ3v) is 14.0. The number of fused-ring (bicyclic) bond motifs is 5. The molecule has 5 saturated carbocycles. The Kier molecular flexibility index (Phi) is 5.36. The molecule has 0 aromatic rings. The van der Waals surface area contributed by atoms with Crippen molar-refractivity contribution in [3.63, 3.8) is 0 Å². The number of hydrogen-bond acceptors (Lipinski definition) is 4. The molecule has 1 saturated heterocycles. The minimum Gasteiger partial charge on any atom is -0.462 e. The molecule has 1 heterocycles. The van der Waals surface area contributed by atoms with Gasteiger partial charge in [-0.25, -0.2) is 0 Å². The first-order valence-corrected chi connectivity index (χ1v) is 15.1. The highest BCUT2D eigenvalue weighted by molar-refractivity contribution is 5.66. The second-order valence-electron chi connectivity index (χ2n) is 16.3. The van der Waals surface area contributed by atoms with Gasteiger partial charge in [0.15, 0.2) is 0 Å². The third kappa shape index (κ3) is 3.15. The van der Waals surface area contributed by atoms with Crippen molar-refractivity contribution in [2.75, 3.05) is 0 Å². The Bertz CT molecular complexity index is 940. The molecule has 6 rings (SSSR count). The summed E-state index contributed by atoms with van der Waals surface area (Å²) >= 11 is 0. The molecule has 0 aromatic carbocycles. The predicted octanol–water partition coefficient (Wildman–Crippen LogP) is 6.92. The van der Waals surface area contributed by atoms with Crippen LogP contribution in [0.15, 0.2) is 0 Å². The van der Waals surface area contributed by atoms with Gasteiger partial charge in [0.25, 0.3) is 0 Å². The fourth-order valence-corrected chi connectivity index (χ4v) is 12.4. The summed E-state index contributed by atoms with van der Waals surface area (Å²) in [5, 5.41) is 11.0. The third-order valence-electron chi connectivity index (χ3n) is 14.0. The van der Waals surface area contributed by atoms with E-state index in [2.05, 4.69) is 48.5 Å². The fourth-order valence-electron chi connectivity index (χ4n) is 12.4. The van der Waals surface area contributed by atoms with Crippen LogP contribution >= 0.6 is 0 Å². The molecular formula is C32H52O4. The smallest absolute Gasteiger partial charge is 0.302 e. The molecule has 1 spiro atoms. The molecule has 4 heteroatoms. The van der Waals surface area contributed by atoms with Crippen LogP contribution in [0.4, 0.5) is 0 Å². The molecule has 0 amide bonds. The molecule has 5 aliphatic carbocycles. The van der Waals surface area contributed by atoms with Crippen molar-refractivity contribution in [2.45, 2.75) is 144 Å². The molecule has 1 N–H and O–H groups in total. The molecule has 11 atom stereocenters. The first kappa shape index (κ1) is 25.7. The van der Waals surface area contributed by atoms with Gasteiger partial charge in [-0.2, -0.15) is 0 Å². The number of epoxide rings is 1. The maximum atomic E-state index is 11.9. The summed E-state index contributed by atoms with van der Waals surface area (Å²) in [5.41, 5.74) is 0.893. The van der Waals surface area contributed by atoms with Crippen molar-refractivity contribution < 1.29 is 19.4 Å². The van der Waals surface area contributed by atoms with E-state index in [-0.39, 0.29) is 45.4 Å². The van der Waals surface area contributed by atoms with Crippen LogP contribution in [0.3, 0.4) is 0 Å². The zero-order valence-electron chi connectivity index (χ0n) is 24.3. The second kappa shape index (κ2) is 7.52. The van der Waals surface area contributed by atoms with Gasteiger partial charge in [-0.15, -0.1) is 0 Å². The maximum Gasteiger partial charge on any atom is 0.302 e. The summed E-state index contributed by atoms with van der Waals surface area (Å²) in [4.78, 5) is 11.9. The Morgan fingerprint density at radius 2 is 1.42 bits per heavy atom. The highest BCUT2D eigenvalue weighted by Crippen LogP contribution is 2.76. The minimum absolute atomic E-state index is 0.0105. The summed E-state index contributed by atoms with van der Waals surface area (Å²) in [5.74, 6) is 2.29. The van der Waals surface area contributed by atoms with E-state index in [1.54, 1.807) is 6.92 Å². The Morgan fingerprint density at radius 3 is 2.11 bits per heavy atom. The second-order valence-corrected chi connectivity index (χ2v) is 16.3. The average molecular weight is 501 g/mol. The van der Waals surface area contributed by atoms with Crippen LogP contribution in [0.25, 0.3) is 0 Å². The van der Waals surface area contributed by atoms with Crippen LogP contribution in [0.2, 0.25) is 0 Å². The average Bonchev–Trinajstić information content (AvgIpc) is 3.48. The lowest BCUT2D eigenvalue weighted by molar-refractivity contribution is -0.193. The predicted molar refractivity (Wildman–Crippen MR) is 141 cm³/mol. The zero-order chi connectivity index (χ0) is 26.1. The Balaban J connectivity index is 1.34. The van der Waals surface area contributed by atoms with Crippen LogP contribution in [-0.2, 0) is 14.3 Å². The van der Waals surface area contributed by atoms with Gasteiger partial charge in [-0.1, -0.05) is 48.5 Å². The molecule has 204 valence electrons. The van der Waals surface area contributed by atoms with Crippen molar-refractivity contribution in [2.24, 2.45) is 50.7 Å². The van der Waals surface area contributed by atoms with Crippen LogP contribution < -0.4 is 0 Å². The van der Waals surface area contributed by atoms with Crippen LogP contribution in [0.1, 0.15) is 120 Å². The number of ether oxygens (including phenoxy) is 2. The lowest BCUT2D eigenvalue weighted by atomic mass is 9.41. The largest absolute Gasteiger partial charge is 0.462 e. The first-order valence-electron chi connectivity index (χ1n) is 15.1. The van der Waals surface area contributed by atoms with Gasteiger partial charge < -0.3 is 14.6 Å². The van der Waals surface area contributed by atoms with Crippen LogP contribution in [-0.4, -0.2) is 35.0 Å². The summed E-state index contributed by atoms with van der Waals surface area (Å²) in [6.07, 6.45) is 11.9. The van der Waals surface area contributed by atoms with Gasteiger partial charge in [0.2, 0.25) is 0 Å². The molecule has 0 unspecified atom stereocenters. The van der Waals surface area contributed by atoms with E-state index in [0.717, 1.165) is 25.7 Å².